The van der Waals surface area contributed by atoms with Gasteiger partial charge in [0.15, 0.2) is 0 Å². The molecule has 0 aliphatic carbocycles. The smallest absolute Gasteiger partial charge is 0.309 e. The molecule has 0 saturated heterocycles. The first-order valence-corrected chi connectivity index (χ1v) is 6.09. The van der Waals surface area contributed by atoms with E-state index in [1.54, 1.807) is 20.8 Å². The largest absolute Gasteiger partial charge is 0.481 e. The van der Waals surface area contributed by atoms with E-state index in [1.165, 1.54) is 0 Å². The molecule has 1 amide bonds. The number of primary amides is 1. The van der Waals surface area contributed by atoms with Crippen LogP contribution in [0, 0.1) is 16.7 Å². The minimum atomic E-state index is -0.840. The van der Waals surface area contributed by atoms with E-state index in [1.807, 2.05) is 13.8 Å². The summed E-state index contributed by atoms with van der Waals surface area (Å²) >= 11 is 0. The van der Waals surface area contributed by atoms with Gasteiger partial charge < -0.3 is 10.8 Å². The highest BCUT2D eigenvalue weighted by Gasteiger charge is 2.41. The molecular formula is C13H25NO3. The number of carboxylic acid groups (broad SMARTS) is 1. The maximum Gasteiger partial charge on any atom is 0.309 e. The number of hydrogen-bond acceptors (Lipinski definition) is 2. The standard InChI is InChI=1S/C13H25NO3/c1-6-7-13(5,9(2)10(14)15)8-12(3,4)11(16)17/h9H,6-8H2,1-5H3,(H2,14,15)(H,16,17). The third kappa shape index (κ3) is 4.02. The van der Waals surface area contributed by atoms with Gasteiger partial charge in [-0.3, -0.25) is 9.59 Å². The highest BCUT2D eigenvalue weighted by Crippen LogP contribution is 2.43. The van der Waals surface area contributed by atoms with Gasteiger partial charge in [-0.05, 0) is 32.1 Å². The lowest BCUT2D eigenvalue weighted by Gasteiger charge is -2.38. The number of rotatable bonds is 7. The van der Waals surface area contributed by atoms with Crippen LogP contribution in [0.3, 0.4) is 0 Å². The molecule has 0 aromatic rings. The maximum absolute atomic E-state index is 11.4. The predicted octanol–water partition coefficient (Wildman–Crippen LogP) is 2.42. The Morgan fingerprint density at radius 1 is 1.29 bits per heavy atom. The highest BCUT2D eigenvalue weighted by atomic mass is 16.4. The van der Waals surface area contributed by atoms with Gasteiger partial charge in [-0.1, -0.05) is 27.2 Å². The van der Waals surface area contributed by atoms with Gasteiger partial charge >= 0.3 is 5.97 Å². The van der Waals surface area contributed by atoms with Crippen molar-refractivity contribution in [2.24, 2.45) is 22.5 Å². The van der Waals surface area contributed by atoms with Crippen LogP contribution in [0.4, 0.5) is 0 Å². The lowest BCUT2D eigenvalue weighted by Crippen LogP contribution is -2.40. The van der Waals surface area contributed by atoms with Crippen LogP contribution in [0.25, 0.3) is 0 Å². The Hall–Kier alpha value is -1.06. The number of carboxylic acids is 1. The monoisotopic (exact) mass is 243 g/mol. The number of hydrogen-bond donors (Lipinski definition) is 2. The second kappa shape index (κ2) is 5.52. The van der Waals surface area contributed by atoms with E-state index in [2.05, 4.69) is 0 Å². The number of amides is 1. The lowest BCUT2D eigenvalue weighted by atomic mass is 9.65. The fourth-order valence-electron chi connectivity index (χ4n) is 2.46. The second-order valence-corrected chi connectivity index (χ2v) is 5.89. The molecule has 3 N–H and O–H groups in total. The molecule has 0 bridgehead atoms. The van der Waals surface area contributed by atoms with E-state index < -0.39 is 11.4 Å². The van der Waals surface area contributed by atoms with Gasteiger partial charge in [0.05, 0.1) is 5.41 Å². The quantitative estimate of drug-likeness (QED) is 0.720. The number of carbonyl (C=O) groups is 2. The Bertz CT molecular complexity index is 299. The lowest BCUT2D eigenvalue weighted by molar-refractivity contribution is -0.150. The van der Waals surface area contributed by atoms with Crippen LogP contribution in [0.1, 0.15) is 53.9 Å². The molecule has 0 spiro atoms. The molecule has 17 heavy (non-hydrogen) atoms. The van der Waals surface area contributed by atoms with Crippen LogP contribution in [-0.4, -0.2) is 17.0 Å². The zero-order chi connectivity index (χ0) is 13.9. The number of aliphatic carboxylic acids is 1. The third-order valence-electron chi connectivity index (χ3n) is 3.72. The fourth-order valence-corrected chi connectivity index (χ4v) is 2.46. The molecule has 100 valence electrons. The zero-order valence-corrected chi connectivity index (χ0v) is 11.5. The molecule has 2 atom stereocenters. The van der Waals surface area contributed by atoms with Crippen molar-refractivity contribution in [2.75, 3.05) is 0 Å². The molecule has 0 aliphatic rings. The fraction of sp³-hybridized carbons (Fsp3) is 0.846. The molecule has 0 rings (SSSR count). The third-order valence-corrected chi connectivity index (χ3v) is 3.72. The maximum atomic E-state index is 11.4. The molecule has 2 unspecified atom stereocenters. The van der Waals surface area contributed by atoms with Crippen LogP contribution in [0.2, 0.25) is 0 Å². The van der Waals surface area contributed by atoms with E-state index in [4.69, 9.17) is 5.73 Å². The topological polar surface area (TPSA) is 80.4 Å². The molecule has 0 aromatic heterocycles. The van der Waals surface area contributed by atoms with Crippen molar-refractivity contribution in [3.8, 4) is 0 Å². The molecular weight excluding hydrogens is 218 g/mol. The SMILES string of the molecule is CCCC(C)(CC(C)(C)C(=O)O)C(C)C(N)=O. The van der Waals surface area contributed by atoms with E-state index in [-0.39, 0.29) is 17.2 Å². The van der Waals surface area contributed by atoms with Crippen molar-refractivity contribution in [1.82, 2.24) is 0 Å². The molecule has 0 radical (unpaired) electrons. The summed E-state index contributed by atoms with van der Waals surface area (Å²) in [6.07, 6.45) is 2.16. The second-order valence-electron chi connectivity index (χ2n) is 5.89. The zero-order valence-electron chi connectivity index (χ0n) is 11.5. The molecule has 0 aromatic carbocycles. The summed E-state index contributed by atoms with van der Waals surface area (Å²) in [5.74, 6) is -1.51. The number of nitrogens with two attached hydrogens (primary N) is 1. The van der Waals surface area contributed by atoms with Gasteiger partial charge in [-0.2, -0.15) is 0 Å². The molecule has 0 heterocycles. The first kappa shape index (κ1) is 15.9. The van der Waals surface area contributed by atoms with Crippen molar-refractivity contribution in [1.29, 1.82) is 0 Å². The van der Waals surface area contributed by atoms with Crippen molar-refractivity contribution in [3.05, 3.63) is 0 Å². The summed E-state index contributed by atoms with van der Waals surface area (Å²) < 4.78 is 0. The minimum Gasteiger partial charge on any atom is -0.481 e. The van der Waals surface area contributed by atoms with E-state index in [9.17, 15) is 14.7 Å². The Balaban J connectivity index is 5.09. The molecule has 4 heteroatoms. The molecule has 0 fully saturated rings. The van der Waals surface area contributed by atoms with E-state index in [0.717, 1.165) is 12.8 Å². The van der Waals surface area contributed by atoms with E-state index in [0.29, 0.717) is 6.42 Å². The minimum absolute atomic E-state index is 0.318. The summed E-state index contributed by atoms with van der Waals surface area (Å²) in [7, 11) is 0. The average Bonchev–Trinajstić information content (AvgIpc) is 2.15. The Kier molecular flexibility index (Phi) is 5.17. The van der Waals surface area contributed by atoms with Gasteiger partial charge in [0.2, 0.25) is 5.91 Å². The Labute approximate surface area is 104 Å². The Morgan fingerprint density at radius 3 is 2.06 bits per heavy atom. The predicted molar refractivity (Wildman–Crippen MR) is 67.4 cm³/mol. The van der Waals surface area contributed by atoms with Crippen LogP contribution in [-0.2, 0) is 9.59 Å². The summed E-state index contributed by atoms with van der Waals surface area (Å²) in [5.41, 5.74) is 4.16. The summed E-state index contributed by atoms with van der Waals surface area (Å²) in [5, 5.41) is 9.18. The summed E-state index contributed by atoms with van der Waals surface area (Å²) in [6, 6.07) is 0. The van der Waals surface area contributed by atoms with Crippen molar-refractivity contribution in [3.63, 3.8) is 0 Å². The van der Waals surface area contributed by atoms with Crippen LogP contribution < -0.4 is 5.73 Å². The van der Waals surface area contributed by atoms with Crippen molar-refractivity contribution < 1.29 is 14.7 Å². The summed E-state index contributed by atoms with van der Waals surface area (Å²) in [6.45, 7) is 9.15. The first-order valence-electron chi connectivity index (χ1n) is 6.09. The van der Waals surface area contributed by atoms with Crippen LogP contribution in [0.5, 0.6) is 0 Å². The van der Waals surface area contributed by atoms with Crippen LogP contribution >= 0.6 is 0 Å². The summed E-state index contributed by atoms with van der Waals surface area (Å²) in [4.78, 5) is 22.5. The van der Waals surface area contributed by atoms with Gasteiger partial charge in [0.25, 0.3) is 0 Å². The van der Waals surface area contributed by atoms with Gasteiger partial charge in [0.1, 0.15) is 0 Å². The van der Waals surface area contributed by atoms with Crippen molar-refractivity contribution in [2.45, 2.75) is 53.9 Å². The highest BCUT2D eigenvalue weighted by molar-refractivity contribution is 5.77. The van der Waals surface area contributed by atoms with Gasteiger partial charge in [-0.25, -0.2) is 0 Å². The Morgan fingerprint density at radius 2 is 1.76 bits per heavy atom. The normalized spacial score (nSPS) is 17.2. The molecule has 0 aliphatic heterocycles. The molecule has 0 saturated carbocycles. The first-order chi connectivity index (χ1) is 7.57. The van der Waals surface area contributed by atoms with Gasteiger partial charge in [-0.15, -0.1) is 0 Å². The number of carbonyl (C=O) groups excluding carboxylic acids is 1. The average molecular weight is 243 g/mol. The van der Waals surface area contributed by atoms with E-state index >= 15 is 0 Å². The van der Waals surface area contributed by atoms with Crippen LogP contribution in [0.15, 0.2) is 0 Å². The van der Waals surface area contributed by atoms with Gasteiger partial charge in [0, 0.05) is 5.92 Å². The molecule has 4 nitrogen and oxygen atoms in total. The van der Waals surface area contributed by atoms with Crippen molar-refractivity contribution >= 4 is 11.9 Å².